The quantitative estimate of drug-likeness (QED) is 0.185. The highest BCUT2D eigenvalue weighted by molar-refractivity contribution is 6.29. The van der Waals surface area contributed by atoms with E-state index in [4.69, 9.17) is 8.83 Å². The molecule has 4 nitrogen and oxygen atoms in total. The molecule has 0 aliphatic carbocycles. The van der Waals surface area contributed by atoms with E-state index in [1.165, 1.54) is 16.3 Å². The van der Waals surface area contributed by atoms with Gasteiger partial charge in [0.2, 0.25) is 0 Å². The van der Waals surface area contributed by atoms with Gasteiger partial charge in [0.15, 0.2) is 0 Å². The zero-order chi connectivity index (χ0) is 35.9. The van der Waals surface area contributed by atoms with Crippen molar-refractivity contribution in [3.8, 4) is 22.5 Å². The first-order chi connectivity index (χ1) is 26.8. The van der Waals surface area contributed by atoms with Gasteiger partial charge >= 0.3 is 0 Å². The first-order valence-corrected chi connectivity index (χ1v) is 18.7. The number of fused-ring (bicyclic) bond motifs is 14. The zero-order valence-electron chi connectivity index (χ0n) is 29.9. The predicted octanol–water partition coefficient (Wildman–Crippen LogP) is 14.4. The summed E-state index contributed by atoms with van der Waals surface area (Å²) in [6, 6.07) is 60.5. The Kier molecular flexibility index (Phi) is 6.65. The van der Waals surface area contributed by atoms with Crippen LogP contribution in [0.3, 0.4) is 0 Å². The van der Waals surface area contributed by atoms with Crippen molar-refractivity contribution in [1.29, 1.82) is 0 Å². The molecule has 0 aliphatic heterocycles. The highest BCUT2D eigenvalue weighted by atomic mass is 16.3. The number of para-hydroxylation sites is 4. The van der Waals surface area contributed by atoms with Crippen LogP contribution in [0.5, 0.6) is 0 Å². The van der Waals surface area contributed by atoms with Crippen LogP contribution in [0.2, 0.25) is 0 Å². The van der Waals surface area contributed by atoms with Gasteiger partial charge in [0, 0.05) is 43.7 Å². The molecule has 0 N–H and O–H groups in total. The first-order valence-electron chi connectivity index (χ1n) is 18.7. The van der Waals surface area contributed by atoms with Crippen LogP contribution in [0.15, 0.2) is 179 Å². The van der Waals surface area contributed by atoms with Crippen molar-refractivity contribution in [1.82, 2.24) is 9.13 Å². The number of hydrogen-bond donors (Lipinski definition) is 0. The number of aromatic nitrogens is 2. The van der Waals surface area contributed by atoms with E-state index in [1.54, 1.807) is 0 Å². The summed E-state index contributed by atoms with van der Waals surface area (Å²) < 4.78 is 17.9. The molecule has 0 bridgehead atoms. The summed E-state index contributed by atoms with van der Waals surface area (Å²) in [7, 11) is 0. The fraction of sp³-hybridized carbons (Fsp3) is 0.0400. The molecule has 4 heterocycles. The van der Waals surface area contributed by atoms with E-state index in [0.717, 1.165) is 93.7 Å². The summed E-state index contributed by atoms with van der Waals surface area (Å²) in [5.41, 5.74) is 12.8. The molecular weight excluding hydrogens is 661 g/mol. The largest absolute Gasteiger partial charge is 0.456 e. The maximum atomic E-state index is 7.10. The SMILES string of the molecule is CC.c1ccc(-n2c3ccccc3c3c4oc5c(ccc6c5c5ccccc5n6-c5ccc(-c6ccc7oc8ccccc8c7c6)cc5)c4ccc32)cc1. The summed E-state index contributed by atoms with van der Waals surface area (Å²) in [6.07, 6.45) is 0. The minimum absolute atomic E-state index is 0.909. The summed E-state index contributed by atoms with van der Waals surface area (Å²) in [5, 5.41) is 9.16. The van der Waals surface area contributed by atoms with E-state index in [0.29, 0.717) is 0 Å². The van der Waals surface area contributed by atoms with Gasteiger partial charge in [0.1, 0.15) is 22.3 Å². The molecule has 4 aromatic heterocycles. The molecule has 0 amide bonds. The van der Waals surface area contributed by atoms with Crippen LogP contribution in [0.4, 0.5) is 0 Å². The summed E-state index contributed by atoms with van der Waals surface area (Å²) in [5.74, 6) is 0. The highest BCUT2D eigenvalue weighted by Gasteiger charge is 2.22. The van der Waals surface area contributed by atoms with E-state index in [9.17, 15) is 0 Å². The monoisotopic (exact) mass is 694 g/mol. The molecule has 12 rings (SSSR count). The third-order valence-electron chi connectivity index (χ3n) is 10.9. The zero-order valence-corrected chi connectivity index (χ0v) is 29.9. The third-order valence-corrected chi connectivity index (χ3v) is 10.9. The van der Waals surface area contributed by atoms with Gasteiger partial charge in [0.25, 0.3) is 0 Å². The molecule has 256 valence electrons. The maximum Gasteiger partial charge on any atom is 0.145 e. The van der Waals surface area contributed by atoms with E-state index < -0.39 is 0 Å². The Bertz CT molecular complexity index is 3390. The standard InChI is InChI=1S/C48H28N2O2.C2H6/c1-2-10-31(11-3-1)49-39-15-7-4-13-36(39)45-41(49)25-23-34-35-24-26-42-46(48(35)52-47(34)45)37-14-5-8-16-40(37)50(42)32-21-18-29(19-22-32)30-20-27-44-38(28-30)33-12-6-9-17-43(33)51-44;1-2/h1-28H;1-2H3. The van der Waals surface area contributed by atoms with Gasteiger partial charge in [-0.3, -0.25) is 0 Å². The van der Waals surface area contributed by atoms with E-state index in [1.807, 2.05) is 26.0 Å². The van der Waals surface area contributed by atoms with Crippen LogP contribution >= 0.6 is 0 Å². The molecule has 0 saturated carbocycles. The van der Waals surface area contributed by atoms with Crippen LogP contribution in [0.1, 0.15) is 13.8 Å². The van der Waals surface area contributed by atoms with Gasteiger partial charge in [0.05, 0.1) is 32.8 Å². The second kappa shape index (κ2) is 11.7. The van der Waals surface area contributed by atoms with Gasteiger partial charge < -0.3 is 18.0 Å². The highest BCUT2D eigenvalue weighted by Crippen LogP contribution is 2.45. The molecule has 0 spiro atoms. The molecule has 4 heteroatoms. The second-order valence-electron chi connectivity index (χ2n) is 13.7. The van der Waals surface area contributed by atoms with Crippen molar-refractivity contribution in [2.45, 2.75) is 13.8 Å². The van der Waals surface area contributed by atoms with E-state index in [-0.39, 0.29) is 0 Å². The topological polar surface area (TPSA) is 36.1 Å². The smallest absolute Gasteiger partial charge is 0.145 e. The summed E-state index contributed by atoms with van der Waals surface area (Å²) >= 11 is 0. The number of furan rings is 2. The lowest BCUT2D eigenvalue weighted by molar-refractivity contribution is 0.669. The molecule has 8 aromatic carbocycles. The normalized spacial score (nSPS) is 11.9. The molecule has 0 unspecified atom stereocenters. The van der Waals surface area contributed by atoms with E-state index in [2.05, 4.69) is 167 Å². The number of hydrogen-bond acceptors (Lipinski definition) is 2. The Labute approximate surface area is 310 Å². The Morgan fingerprint density at radius 1 is 0.333 bits per heavy atom. The summed E-state index contributed by atoms with van der Waals surface area (Å²) in [4.78, 5) is 0. The molecule has 12 aromatic rings. The van der Waals surface area contributed by atoms with Crippen molar-refractivity contribution in [3.63, 3.8) is 0 Å². The van der Waals surface area contributed by atoms with Crippen molar-refractivity contribution in [2.75, 3.05) is 0 Å². The van der Waals surface area contributed by atoms with Gasteiger partial charge in [-0.15, -0.1) is 0 Å². The Hall–Kier alpha value is -7.04. The Balaban J connectivity index is 0.00000168. The molecule has 0 saturated heterocycles. The molecule has 0 radical (unpaired) electrons. The lowest BCUT2D eigenvalue weighted by atomic mass is 10.0. The van der Waals surface area contributed by atoms with Crippen molar-refractivity contribution in [3.05, 3.63) is 170 Å². The van der Waals surface area contributed by atoms with Crippen LogP contribution in [0, 0.1) is 0 Å². The van der Waals surface area contributed by atoms with Gasteiger partial charge in [-0.1, -0.05) is 105 Å². The predicted molar refractivity (Wildman–Crippen MR) is 226 cm³/mol. The second-order valence-corrected chi connectivity index (χ2v) is 13.7. The third kappa shape index (κ3) is 4.25. The molecular formula is C50H34N2O2. The average molecular weight is 695 g/mol. The van der Waals surface area contributed by atoms with Crippen LogP contribution in [0.25, 0.3) is 110 Å². The van der Waals surface area contributed by atoms with Gasteiger partial charge in [-0.25, -0.2) is 0 Å². The van der Waals surface area contributed by atoms with Crippen molar-refractivity contribution < 1.29 is 8.83 Å². The van der Waals surface area contributed by atoms with Gasteiger partial charge in [-0.2, -0.15) is 0 Å². The van der Waals surface area contributed by atoms with Crippen LogP contribution in [-0.2, 0) is 0 Å². The minimum Gasteiger partial charge on any atom is -0.456 e. The fourth-order valence-corrected chi connectivity index (χ4v) is 8.64. The van der Waals surface area contributed by atoms with Crippen LogP contribution < -0.4 is 0 Å². The molecule has 0 atom stereocenters. The van der Waals surface area contributed by atoms with Crippen molar-refractivity contribution >= 4 is 87.5 Å². The van der Waals surface area contributed by atoms with Gasteiger partial charge in [-0.05, 0) is 90.0 Å². The molecule has 0 fully saturated rings. The van der Waals surface area contributed by atoms with Crippen LogP contribution in [-0.4, -0.2) is 9.13 Å². The summed E-state index contributed by atoms with van der Waals surface area (Å²) in [6.45, 7) is 4.00. The number of benzene rings is 8. The lowest BCUT2D eigenvalue weighted by Crippen LogP contribution is -1.93. The molecule has 0 aliphatic rings. The Morgan fingerprint density at radius 3 is 1.46 bits per heavy atom. The minimum atomic E-state index is 0.909. The fourth-order valence-electron chi connectivity index (χ4n) is 8.64. The average Bonchev–Trinajstić information content (AvgIpc) is 3.99. The molecule has 54 heavy (non-hydrogen) atoms. The first kappa shape index (κ1) is 30.6. The maximum absolute atomic E-state index is 7.10. The lowest BCUT2D eigenvalue weighted by Gasteiger charge is -2.09. The van der Waals surface area contributed by atoms with E-state index >= 15 is 0 Å². The number of nitrogens with zero attached hydrogens (tertiary/aromatic N) is 2. The Morgan fingerprint density at radius 2 is 0.833 bits per heavy atom. The number of rotatable bonds is 3. The van der Waals surface area contributed by atoms with Crippen molar-refractivity contribution in [2.24, 2.45) is 0 Å².